The lowest BCUT2D eigenvalue weighted by Crippen LogP contribution is -2.69. The second-order valence-corrected chi connectivity index (χ2v) is 18.7. The van der Waals surface area contributed by atoms with Crippen LogP contribution >= 0.6 is 0 Å². The number of hydrogen-bond acceptors (Lipinski definition) is 5. The third kappa shape index (κ3) is 4.09. The summed E-state index contributed by atoms with van der Waals surface area (Å²) >= 11 is 0. The first kappa shape index (κ1) is 21.5. The lowest BCUT2D eigenvalue weighted by Gasteiger charge is -2.50. The molecule has 0 amide bonds. The smallest absolute Gasteiger partial charge is 0.351 e. The van der Waals surface area contributed by atoms with Gasteiger partial charge in [0, 0.05) is 5.57 Å². The quantitative estimate of drug-likeness (QED) is 0.345. The molecular formula is C14H27NO6Si2. The van der Waals surface area contributed by atoms with Crippen molar-refractivity contribution in [3.05, 3.63) is 12.2 Å². The molecule has 0 rings (SSSR count). The predicted octanol–water partition coefficient (Wildman–Crippen LogP) is 2.10. The Kier molecular flexibility index (Phi) is 6.53. The minimum absolute atomic E-state index is 0.0866. The monoisotopic (exact) mass is 361 g/mol. The Morgan fingerprint density at radius 3 is 1.65 bits per heavy atom. The maximum Gasteiger partial charge on any atom is 0.351 e. The minimum Gasteiger partial charge on any atom is -0.481 e. The van der Waals surface area contributed by atoms with E-state index in [1.165, 1.54) is 6.92 Å². The number of carbonyl (C=O) groups is 3. The summed E-state index contributed by atoms with van der Waals surface area (Å²) in [5.74, 6) is -3.34. The summed E-state index contributed by atoms with van der Waals surface area (Å²) in [7, 11) is -5.11. The molecule has 0 spiro atoms. The van der Waals surface area contributed by atoms with Gasteiger partial charge in [-0.15, -0.1) is 5.48 Å². The maximum absolute atomic E-state index is 12.2. The zero-order valence-corrected chi connectivity index (χ0v) is 16.8. The Morgan fingerprint density at radius 1 is 1.04 bits per heavy atom. The third-order valence-corrected chi connectivity index (χ3v) is 14.2. The van der Waals surface area contributed by atoms with Crippen LogP contribution in [0.5, 0.6) is 0 Å². The summed E-state index contributed by atoms with van der Waals surface area (Å²) in [5.41, 5.74) is 2.30. The molecule has 0 aliphatic rings. The average molecular weight is 362 g/mol. The molecule has 23 heavy (non-hydrogen) atoms. The largest absolute Gasteiger partial charge is 0.481 e. The van der Waals surface area contributed by atoms with E-state index < -0.39 is 44.8 Å². The van der Waals surface area contributed by atoms with Gasteiger partial charge in [-0.2, -0.15) is 0 Å². The number of carboxylic acid groups (broad SMARTS) is 2. The summed E-state index contributed by atoms with van der Waals surface area (Å²) in [6.07, 6.45) is 0. The van der Waals surface area contributed by atoms with Crippen LogP contribution in [0.25, 0.3) is 0 Å². The van der Waals surface area contributed by atoms with Gasteiger partial charge in [-0.05, 0) is 6.92 Å². The fourth-order valence-corrected chi connectivity index (χ4v) is 15.7. The van der Waals surface area contributed by atoms with Gasteiger partial charge in [0.05, 0.1) is 20.8 Å². The van der Waals surface area contributed by atoms with Gasteiger partial charge in [-0.25, -0.2) is 4.79 Å². The Hall–Kier alpha value is -1.46. The van der Waals surface area contributed by atoms with Crippen LogP contribution in [0.4, 0.5) is 0 Å². The number of carbonyl (C=O) groups excluding carboxylic acids is 1. The minimum atomic E-state index is -2.56. The molecule has 0 radical (unpaired) electrons. The zero-order valence-electron chi connectivity index (χ0n) is 14.8. The SMILES string of the molecule is C=C(C)C(=O)ON[C@H](C(=O)O)C(C(=O)O)([Si](C)(C)C)[Si](C)(C)C. The molecule has 0 saturated carbocycles. The maximum atomic E-state index is 12.2. The molecule has 132 valence electrons. The Morgan fingerprint density at radius 2 is 1.43 bits per heavy atom. The first-order valence-corrected chi connectivity index (χ1v) is 14.2. The number of hydroxylamine groups is 1. The topological polar surface area (TPSA) is 113 Å². The van der Waals surface area contributed by atoms with E-state index in [1.807, 2.05) is 39.3 Å². The van der Waals surface area contributed by atoms with Gasteiger partial charge in [0.15, 0.2) is 6.04 Å². The standard InChI is InChI=1S/C14H27NO6Si2/c1-9(2)12(18)21-15-10(11(16)17)14(13(19)20,22(3,4)5)23(6,7)8/h10,15H,1H2,2-8H3,(H,16,17)(H,19,20)/t10-/m1/s1. The molecule has 0 saturated heterocycles. The number of carboxylic acids is 2. The lowest BCUT2D eigenvalue weighted by atomic mass is 10.2. The number of rotatable bonds is 8. The molecule has 0 aliphatic carbocycles. The van der Waals surface area contributed by atoms with Crippen LogP contribution in [-0.2, 0) is 19.2 Å². The number of hydrogen-bond donors (Lipinski definition) is 3. The summed E-state index contributed by atoms with van der Waals surface area (Å²) in [6.45, 7) is 15.7. The van der Waals surface area contributed by atoms with Crippen LogP contribution in [0.2, 0.25) is 43.9 Å². The van der Waals surface area contributed by atoms with Crippen molar-refractivity contribution in [1.82, 2.24) is 5.48 Å². The second-order valence-electron chi connectivity index (χ2n) is 7.67. The normalized spacial score (nSPS) is 14.0. The predicted molar refractivity (Wildman–Crippen MR) is 92.5 cm³/mol. The highest BCUT2D eigenvalue weighted by Crippen LogP contribution is 2.50. The molecule has 0 aromatic heterocycles. The second kappa shape index (κ2) is 6.97. The van der Waals surface area contributed by atoms with Crippen LogP contribution in [0, 0.1) is 0 Å². The van der Waals surface area contributed by atoms with Crippen molar-refractivity contribution in [2.24, 2.45) is 0 Å². The van der Waals surface area contributed by atoms with Crippen LogP contribution < -0.4 is 5.48 Å². The van der Waals surface area contributed by atoms with Gasteiger partial charge in [-0.1, -0.05) is 45.9 Å². The molecule has 9 heteroatoms. The van der Waals surface area contributed by atoms with Gasteiger partial charge in [-0.3, -0.25) is 9.59 Å². The first-order chi connectivity index (χ1) is 10.1. The van der Waals surface area contributed by atoms with E-state index in [9.17, 15) is 24.6 Å². The first-order valence-electron chi connectivity index (χ1n) is 7.19. The molecule has 0 heterocycles. The number of aliphatic carboxylic acids is 2. The van der Waals surface area contributed by atoms with Gasteiger partial charge in [0.25, 0.3) is 0 Å². The summed E-state index contributed by atoms with van der Waals surface area (Å²) in [4.78, 5) is 40.4. The average Bonchev–Trinajstić information content (AvgIpc) is 2.28. The van der Waals surface area contributed by atoms with Crippen molar-refractivity contribution >= 4 is 34.1 Å². The Labute approximate surface area is 138 Å². The van der Waals surface area contributed by atoms with E-state index in [4.69, 9.17) is 4.84 Å². The van der Waals surface area contributed by atoms with E-state index in [0.717, 1.165) is 0 Å². The molecule has 0 aliphatic heterocycles. The van der Waals surface area contributed by atoms with E-state index in [2.05, 4.69) is 12.1 Å². The molecule has 0 fully saturated rings. The van der Waals surface area contributed by atoms with Crippen molar-refractivity contribution in [2.75, 3.05) is 0 Å². The fourth-order valence-electron chi connectivity index (χ4n) is 3.28. The van der Waals surface area contributed by atoms with Crippen molar-refractivity contribution in [3.8, 4) is 0 Å². The molecular weight excluding hydrogens is 334 g/mol. The van der Waals surface area contributed by atoms with Gasteiger partial charge in [0.2, 0.25) is 0 Å². The van der Waals surface area contributed by atoms with E-state index in [-0.39, 0.29) is 5.57 Å². The Balaban J connectivity index is 6.18. The highest BCUT2D eigenvalue weighted by molar-refractivity contribution is 7.03. The van der Waals surface area contributed by atoms with Crippen LogP contribution in [0.1, 0.15) is 6.92 Å². The van der Waals surface area contributed by atoms with Crippen molar-refractivity contribution in [1.29, 1.82) is 0 Å². The van der Waals surface area contributed by atoms with Crippen LogP contribution in [0.15, 0.2) is 12.2 Å². The molecule has 3 N–H and O–H groups in total. The number of nitrogens with one attached hydrogen (secondary N) is 1. The molecule has 1 atom stereocenters. The fraction of sp³-hybridized carbons (Fsp3) is 0.643. The highest BCUT2D eigenvalue weighted by atomic mass is 28.4. The highest BCUT2D eigenvalue weighted by Gasteiger charge is 2.65. The summed E-state index contributed by atoms with van der Waals surface area (Å²) in [6, 6.07) is -1.53. The summed E-state index contributed by atoms with van der Waals surface area (Å²) < 4.78 is -1.48. The van der Waals surface area contributed by atoms with E-state index in [1.54, 1.807) is 0 Å². The summed E-state index contributed by atoms with van der Waals surface area (Å²) in [5, 5.41) is 19.6. The van der Waals surface area contributed by atoms with Crippen molar-refractivity contribution in [3.63, 3.8) is 0 Å². The molecule has 0 aromatic rings. The lowest BCUT2D eigenvalue weighted by molar-refractivity contribution is -0.159. The molecule has 0 aromatic carbocycles. The zero-order chi connectivity index (χ0) is 18.8. The Bertz CT molecular complexity index is 504. The van der Waals surface area contributed by atoms with Gasteiger partial charge in [0.1, 0.15) is 0 Å². The molecule has 0 bridgehead atoms. The van der Waals surface area contributed by atoms with E-state index in [0.29, 0.717) is 0 Å². The van der Waals surface area contributed by atoms with Gasteiger partial charge < -0.3 is 15.1 Å². The van der Waals surface area contributed by atoms with E-state index >= 15 is 0 Å². The van der Waals surface area contributed by atoms with Gasteiger partial charge >= 0.3 is 17.9 Å². The van der Waals surface area contributed by atoms with Crippen molar-refractivity contribution < 1.29 is 29.4 Å². The van der Waals surface area contributed by atoms with Crippen LogP contribution in [0.3, 0.4) is 0 Å². The molecule has 0 unspecified atom stereocenters. The molecule has 7 nitrogen and oxygen atoms in total. The van der Waals surface area contributed by atoms with Crippen LogP contribution in [-0.4, -0.2) is 50.3 Å². The third-order valence-electron chi connectivity index (χ3n) is 4.00. The van der Waals surface area contributed by atoms with Crippen molar-refractivity contribution in [2.45, 2.75) is 56.9 Å².